The van der Waals surface area contributed by atoms with Crippen LogP contribution in [-0.4, -0.2) is 17.2 Å². The number of hydrogen-bond acceptors (Lipinski definition) is 0. The summed E-state index contributed by atoms with van der Waals surface area (Å²) >= 11 is 0. The van der Waals surface area contributed by atoms with E-state index in [4.69, 9.17) is 0 Å². The average Bonchev–Trinajstić information content (AvgIpc) is 3.89. The maximum atomic E-state index is 2.54. The van der Waals surface area contributed by atoms with Crippen LogP contribution in [0.1, 0.15) is 0 Å². The van der Waals surface area contributed by atoms with Crippen molar-refractivity contribution < 1.29 is 0 Å². The molecule has 0 unspecified atom stereocenters. The molecule has 63 heavy (non-hydrogen) atoms. The first-order valence-corrected chi connectivity index (χ1v) is 23.8. The van der Waals surface area contributed by atoms with E-state index in [0.29, 0.717) is 0 Å². The van der Waals surface area contributed by atoms with Gasteiger partial charge in [0.05, 0.1) is 27.8 Å². The number of nitrogens with zero attached hydrogens (tertiary/aromatic N) is 2. The lowest BCUT2D eigenvalue weighted by molar-refractivity contribution is 1.17. The molecule has 0 amide bonds. The second kappa shape index (κ2) is 15.2. The minimum absolute atomic E-state index is 1.14. The Morgan fingerprint density at radius 1 is 0.270 bits per heavy atom. The van der Waals surface area contributed by atoms with Gasteiger partial charge in [0.1, 0.15) is 0 Å². The van der Waals surface area contributed by atoms with Crippen LogP contribution in [0.15, 0.2) is 255 Å². The maximum Gasteiger partial charge on any atom is 0.180 e. The van der Waals surface area contributed by atoms with Crippen molar-refractivity contribution in [3.63, 3.8) is 0 Å². The number of rotatable bonds is 8. The van der Waals surface area contributed by atoms with Gasteiger partial charge < -0.3 is 9.13 Å². The first-order valence-electron chi connectivity index (χ1n) is 21.8. The predicted molar refractivity (Wildman–Crippen MR) is 270 cm³/mol. The lowest BCUT2D eigenvalue weighted by atomic mass is 10.1. The zero-order valence-electron chi connectivity index (χ0n) is 34.6. The van der Waals surface area contributed by atoms with E-state index < -0.39 is 8.07 Å². The van der Waals surface area contributed by atoms with Crippen LogP contribution in [0.25, 0.3) is 77.2 Å². The molecule has 2 nitrogen and oxygen atoms in total. The van der Waals surface area contributed by atoms with Crippen molar-refractivity contribution in [2.24, 2.45) is 0 Å². The van der Waals surface area contributed by atoms with Gasteiger partial charge in [0.2, 0.25) is 0 Å². The fourth-order valence-corrected chi connectivity index (χ4v) is 15.4. The van der Waals surface area contributed by atoms with E-state index >= 15 is 0 Å². The van der Waals surface area contributed by atoms with Gasteiger partial charge in [0.25, 0.3) is 0 Å². The van der Waals surface area contributed by atoms with Crippen LogP contribution < -0.4 is 20.7 Å². The first kappa shape index (κ1) is 36.8. The van der Waals surface area contributed by atoms with E-state index in [0.717, 1.165) is 5.69 Å². The van der Waals surface area contributed by atoms with Crippen molar-refractivity contribution >= 4 is 72.4 Å². The summed E-state index contributed by atoms with van der Waals surface area (Å²) in [6, 6.07) is 94.4. The normalized spacial score (nSPS) is 11.8. The molecule has 0 aliphatic rings. The van der Waals surface area contributed by atoms with Crippen molar-refractivity contribution in [3.05, 3.63) is 255 Å². The Morgan fingerprint density at radius 3 is 1.33 bits per heavy atom. The van der Waals surface area contributed by atoms with Gasteiger partial charge in [-0.15, -0.1) is 0 Å². The zero-order chi connectivity index (χ0) is 41.7. The van der Waals surface area contributed by atoms with Crippen molar-refractivity contribution in [1.29, 1.82) is 0 Å². The molecule has 0 atom stereocenters. The van der Waals surface area contributed by atoms with Crippen molar-refractivity contribution in [1.82, 2.24) is 9.13 Å². The third-order valence-electron chi connectivity index (χ3n) is 13.0. The molecule has 0 N–H and O–H groups in total. The highest BCUT2D eigenvalue weighted by Gasteiger charge is 2.43. The highest BCUT2D eigenvalue weighted by atomic mass is 28.3. The molecular weight excluding hydrogens is 777 g/mol. The van der Waals surface area contributed by atoms with Gasteiger partial charge >= 0.3 is 0 Å². The van der Waals surface area contributed by atoms with Crippen molar-refractivity contribution in [3.8, 4) is 33.6 Å². The van der Waals surface area contributed by atoms with E-state index in [2.05, 4.69) is 264 Å². The fourth-order valence-electron chi connectivity index (χ4n) is 10.4. The van der Waals surface area contributed by atoms with E-state index in [1.165, 1.54) is 92.3 Å². The molecule has 12 rings (SSSR count). The summed E-state index contributed by atoms with van der Waals surface area (Å²) in [5, 5.41) is 10.5. The monoisotopic (exact) mass is 818 g/mol. The van der Waals surface area contributed by atoms with Gasteiger partial charge in [-0.3, -0.25) is 0 Å². The highest BCUT2D eigenvalue weighted by Crippen LogP contribution is 2.40. The lowest BCUT2D eigenvalue weighted by Crippen LogP contribution is -2.74. The zero-order valence-corrected chi connectivity index (χ0v) is 35.6. The van der Waals surface area contributed by atoms with Gasteiger partial charge in [-0.2, -0.15) is 0 Å². The number of hydrogen-bond donors (Lipinski definition) is 0. The molecular formula is C60H42N2Si. The summed E-state index contributed by atoms with van der Waals surface area (Å²) in [6.07, 6.45) is 0. The molecule has 0 aliphatic carbocycles. The first-order chi connectivity index (χ1) is 31.3. The molecule has 3 heteroatoms. The van der Waals surface area contributed by atoms with E-state index in [1.54, 1.807) is 0 Å². The number of fused-ring (bicyclic) bond motifs is 6. The standard InChI is InChI=1S/C60H42N2Si/c1-5-21-43(22-6-1)45-25-17-27-47(41-45)61-53-35-15-13-33-51(53)59-55(61)37-19-38-56(59)62-54-36-16-14-34-52(54)60-57(62)39-20-40-58(60)63(48-28-9-3-10-29-48,49-30-11-4-12-31-49)50-32-18-26-46(42-50)44-23-7-2-8-24-44/h1-42H. The Hall–Kier alpha value is -7.98. The summed E-state index contributed by atoms with van der Waals surface area (Å²) in [5.41, 5.74) is 11.9. The molecule has 0 saturated heterocycles. The second-order valence-electron chi connectivity index (χ2n) is 16.4. The summed E-state index contributed by atoms with van der Waals surface area (Å²) in [5.74, 6) is 0. The van der Waals surface area contributed by atoms with Gasteiger partial charge in [0, 0.05) is 27.2 Å². The lowest BCUT2D eigenvalue weighted by Gasteiger charge is -2.35. The molecule has 0 saturated carbocycles. The molecule has 2 heterocycles. The third-order valence-corrected chi connectivity index (χ3v) is 17.8. The second-order valence-corrected chi connectivity index (χ2v) is 20.2. The van der Waals surface area contributed by atoms with Crippen LogP contribution in [0.3, 0.4) is 0 Å². The Labute approximate surface area is 368 Å². The number of aromatic nitrogens is 2. The Morgan fingerprint density at radius 2 is 0.698 bits per heavy atom. The van der Waals surface area contributed by atoms with E-state index in [-0.39, 0.29) is 0 Å². The third kappa shape index (κ3) is 5.85. The number of para-hydroxylation sites is 2. The van der Waals surface area contributed by atoms with E-state index in [1.807, 2.05) is 0 Å². The Kier molecular flexibility index (Phi) is 8.87. The molecule has 0 spiro atoms. The summed E-state index contributed by atoms with van der Waals surface area (Å²) in [4.78, 5) is 0. The summed E-state index contributed by atoms with van der Waals surface area (Å²) in [6.45, 7) is 0. The molecule has 296 valence electrons. The summed E-state index contributed by atoms with van der Waals surface area (Å²) in [7, 11) is -3.02. The van der Waals surface area contributed by atoms with Crippen LogP contribution in [0.2, 0.25) is 0 Å². The predicted octanol–water partition coefficient (Wildman–Crippen LogP) is 12.6. The van der Waals surface area contributed by atoms with Gasteiger partial charge in [0.15, 0.2) is 8.07 Å². The van der Waals surface area contributed by atoms with Crippen LogP contribution in [-0.2, 0) is 0 Å². The van der Waals surface area contributed by atoms with Gasteiger partial charge in [-0.05, 0) is 85.5 Å². The van der Waals surface area contributed by atoms with Gasteiger partial charge in [-0.1, -0.05) is 212 Å². The Balaban J connectivity index is 1.18. The maximum absolute atomic E-state index is 3.02. The number of benzene rings is 10. The van der Waals surface area contributed by atoms with Gasteiger partial charge in [-0.25, -0.2) is 0 Å². The molecule has 12 aromatic rings. The molecule has 0 bridgehead atoms. The van der Waals surface area contributed by atoms with Crippen LogP contribution >= 0.6 is 0 Å². The molecule has 0 fully saturated rings. The minimum atomic E-state index is -3.02. The largest absolute Gasteiger partial charge is 0.309 e. The van der Waals surface area contributed by atoms with Crippen molar-refractivity contribution in [2.45, 2.75) is 0 Å². The smallest absolute Gasteiger partial charge is 0.180 e. The average molecular weight is 819 g/mol. The highest BCUT2D eigenvalue weighted by molar-refractivity contribution is 7.20. The topological polar surface area (TPSA) is 9.86 Å². The SMILES string of the molecule is c1ccc(-c2cccc(-n3c4ccccc4c4c(-n5c6ccccc6c6c([Si](c7ccccc7)(c7ccccc7)c7cccc(-c8ccccc8)c7)cccc65)cccc43)c2)cc1. The summed E-state index contributed by atoms with van der Waals surface area (Å²) < 4.78 is 4.99. The van der Waals surface area contributed by atoms with Crippen LogP contribution in [0, 0.1) is 0 Å². The molecule has 10 aromatic carbocycles. The van der Waals surface area contributed by atoms with Crippen molar-refractivity contribution in [2.75, 3.05) is 0 Å². The quantitative estimate of drug-likeness (QED) is 0.107. The van der Waals surface area contributed by atoms with Crippen LogP contribution in [0.4, 0.5) is 0 Å². The fraction of sp³-hybridized carbons (Fsp3) is 0. The van der Waals surface area contributed by atoms with E-state index in [9.17, 15) is 0 Å². The van der Waals surface area contributed by atoms with Crippen LogP contribution in [0.5, 0.6) is 0 Å². The molecule has 0 aliphatic heterocycles. The molecule has 0 radical (unpaired) electrons. The molecule has 2 aromatic heterocycles. The Bertz CT molecular complexity index is 3570. The minimum Gasteiger partial charge on any atom is -0.309 e.